The van der Waals surface area contributed by atoms with Crippen molar-refractivity contribution in [3.05, 3.63) is 82.2 Å². The van der Waals surface area contributed by atoms with Gasteiger partial charge in [-0.2, -0.15) is 0 Å². The second-order valence-electron chi connectivity index (χ2n) is 13.9. The first kappa shape index (κ1) is 41.6. The largest absolute Gasteiger partial charge is 0.467 e. The molecule has 0 aliphatic carbocycles. The van der Waals surface area contributed by atoms with Crippen molar-refractivity contribution in [1.82, 2.24) is 0 Å². The number of carbonyl (C=O) groups is 3. The maximum absolute atomic E-state index is 13.5. The molecule has 2 aliphatic rings. The zero-order valence-electron chi connectivity index (χ0n) is 30.9. The van der Waals surface area contributed by atoms with Crippen LogP contribution < -0.4 is 0 Å². The molecule has 0 aromatic heterocycles. The van der Waals surface area contributed by atoms with Gasteiger partial charge in [0.05, 0.1) is 37.9 Å². The van der Waals surface area contributed by atoms with Crippen molar-refractivity contribution < 1.29 is 62.1 Å². The van der Waals surface area contributed by atoms with Gasteiger partial charge in [-0.05, 0) is 51.3 Å². The summed E-state index contributed by atoms with van der Waals surface area (Å²) < 4.78 is 53.9. The Kier molecular flexibility index (Phi) is 15.1. The lowest BCUT2D eigenvalue weighted by Crippen LogP contribution is -2.66. The van der Waals surface area contributed by atoms with Gasteiger partial charge >= 0.3 is 17.9 Å². The Morgan fingerprint density at radius 3 is 1.98 bits per heavy atom. The minimum absolute atomic E-state index is 0.00773. The van der Waals surface area contributed by atoms with Gasteiger partial charge in [-0.3, -0.25) is 9.59 Å². The molecule has 0 radical (unpaired) electrons. The summed E-state index contributed by atoms with van der Waals surface area (Å²) in [5, 5.41) is 15.3. The molecule has 2 heterocycles. The zero-order valence-corrected chi connectivity index (χ0v) is 30.9. The van der Waals surface area contributed by atoms with Crippen molar-refractivity contribution >= 4 is 17.9 Å². The molecule has 0 bridgehead atoms. The minimum Gasteiger partial charge on any atom is -0.467 e. The predicted octanol–water partition coefficient (Wildman–Crippen LogP) is 4.15. The molecule has 53 heavy (non-hydrogen) atoms. The third-order valence-corrected chi connectivity index (χ3v) is 8.33. The highest BCUT2D eigenvalue weighted by Gasteiger charge is 2.57. The number of hydrogen-bond donors (Lipinski definition) is 1. The van der Waals surface area contributed by atoms with E-state index in [-0.39, 0.29) is 13.2 Å². The van der Waals surface area contributed by atoms with Crippen molar-refractivity contribution in [2.24, 2.45) is 10.5 Å². The van der Waals surface area contributed by atoms with Crippen LogP contribution in [-0.2, 0) is 70.2 Å². The van der Waals surface area contributed by atoms with Gasteiger partial charge in [-0.15, -0.1) is 0 Å². The number of methoxy groups -OCH3 is 1. The van der Waals surface area contributed by atoms with Gasteiger partial charge in [-0.1, -0.05) is 65.8 Å². The molecule has 4 rings (SSSR count). The molecule has 2 aromatic rings. The van der Waals surface area contributed by atoms with E-state index < -0.39 is 97.4 Å². The average molecular weight is 744 g/mol. The Hall–Kier alpha value is -4.12. The molecular weight excluding hydrogens is 694 g/mol. The number of hydrogen-bond acceptors (Lipinski definition) is 14. The van der Waals surface area contributed by atoms with Crippen LogP contribution in [0, 0.1) is 5.41 Å². The molecule has 0 saturated carbocycles. The molecule has 0 spiro atoms. The molecule has 0 unspecified atom stereocenters. The smallest absolute Gasteiger partial charge is 0.337 e. The van der Waals surface area contributed by atoms with E-state index in [0.29, 0.717) is 0 Å². The maximum atomic E-state index is 13.5. The predicted molar refractivity (Wildman–Crippen MR) is 185 cm³/mol. The fourth-order valence-corrected chi connectivity index (χ4v) is 5.68. The maximum Gasteiger partial charge on any atom is 0.337 e. The van der Waals surface area contributed by atoms with E-state index in [0.717, 1.165) is 18.2 Å². The highest BCUT2D eigenvalue weighted by molar-refractivity contribution is 5.77. The van der Waals surface area contributed by atoms with Crippen LogP contribution >= 0.6 is 0 Å². The van der Waals surface area contributed by atoms with Crippen LogP contribution in [0.1, 0.15) is 52.7 Å². The van der Waals surface area contributed by atoms with Crippen LogP contribution in [0.25, 0.3) is 10.4 Å². The molecule has 2 aliphatic heterocycles. The fourth-order valence-electron chi connectivity index (χ4n) is 5.68. The first-order valence-corrected chi connectivity index (χ1v) is 17.3. The van der Waals surface area contributed by atoms with E-state index in [1.807, 2.05) is 60.7 Å². The Morgan fingerprint density at radius 1 is 0.887 bits per heavy atom. The number of nitrogens with zero attached hydrogens (tertiary/aromatic N) is 3. The molecule has 290 valence electrons. The minimum atomic E-state index is -1.57. The van der Waals surface area contributed by atoms with Gasteiger partial charge in [0.2, 0.25) is 0 Å². The Morgan fingerprint density at radius 2 is 1.47 bits per heavy atom. The van der Waals surface area contributed by atoms with Crippen LogP contribution in [0.2, 0.25) is 0 Å². The zero-order chi connectivity index (χ0) is 38.7. The van der Waals surface area contributed by atoms with Crippen LogP contribution in [0.3, 0.4) is 0 Å². The van der Waals surface area contributed by atoms with E-state index in [1.54, 1.807) is 34.6 Å². The summed E-state index contributed by atoms with van der Waals surface area (Å²) in [5.74, 6) is -2.14. The number of carbonyl (C=O) groups excluding carboxylic acids is 3. The summed E-state index contributed by atoms with van der Waals surface area (Å²) in [6.45, 7) is 9.24. The third-order valence-electron chi connectivity index (χ3n) is 8.33. The van der Waals surface area contributed by atoms with E-state index in [4.69, 9.17) is 42.6 Å². The Labute approximate surface area is 308 Å². The van der Waals surface area contributed by atoms with Crippen molar-refractivity contribution in [2.45, 2.75) is 122 Å². The van der Waals surface area contributed by atoms with Crippen LogP contribution in [-0.4, -0.2) is 104 Å². The molecule has 0 amide bonds. The van der Waals surface area contributed by atoms with Crippen LogP contribution in [0.5, 0.6) is 0 Å². The van der Waals surface area contributed by atoms with Crippen molar-refractivity contribution in [2.75, 3.05) is 13.7 Å². The van der Waals surface area contributed by atoms with E-state index in [1.165, 1.54) is 6.92 Å². The molecule has 1 N–H and O–H groups in total. The lowest BCUT2D eigenvalue weighted by atomic mass is 9.94. The number of esters is 3. The van der Waals surface area contributed by atoms with E-state index >= 15 is 0 Å². The van der Waals surface area contributed by atoms with Gasteiger partial charge in [-0.25, -0.2) is 4.79 Å². The average Bonchev–Trinajstić information content (AvgIpc) is 3.12. The molecule has 10 atom stereocenters. The highest BCUT2D eigenvalue weighted by Crippen LogP contribution is 2.36. The third kappa shape index (κ3) is 11.4. The lowest BCUT2D eigenvalue weighted by molar-refractivity contribution is -0.351. The normalized spacial score (nSPS) is 28.8. The van der Waals surface area contributed by atoms with Crippen molar-refractivity contribution in [3.8, 4) is 0 Å². The van der Waals surface area contributed by atoms with Crippen molar-refractivity contribution in [1.29, 1.82) is 0 Å². The summed E-state index contributed by atoms with van der Waals surface area (Å²) >= 11 is 0. The van der Waals surface area contributed by atoms with Gasteiger partial charge < -0.3 is 47.7 Å². The quantitative estimate of drug-likeness (QED) is 0.0897. The number of azide groups is 1. The number of aliphatic hydroxyl groups is 1. The van der Waals surface area contributed by atoms with Crippen molar-refractivity contribution in [3.63, 3.8) is 0 Å². The first-order chi connectivity index (χ1) is 25.2. The van der Waals surface area contributed by atoms with E-state index in [9.17, 15) is 25.0 Å². The summed E-state index contributed by atoms with van der Waals surface area (Å²) in [7, 11) is 1.16. The lowest BCUT2D eigenvalue weighted by Gasteiger charge is -2.48. The number of benzene rings is 2. The van der Waals surface area contributed by atoms with E-state index in [2.05, 4.69) is 10.0 Å². The molecule has 2 fully saturated rings. The Balaban J connectivity index is 1.80. The Bertz CT molecular complexity index is 1530. The molecular formula is C37H49N3O13. The molecule has 16 nitrogen and oxygen atoms in total. The SMILES string of the molecule is COC(=O)[C@@H]1O[C@@H](OC(C)C)[C@H](OC(=O)C(C)(C)C)[C@@H](OCc2ccccc2)[C@@H]1O[C@H]1O[C@H](COC(C)=O)[C@@H](O)[C@H](OCc2ccccc2)[C@H]1N=[N+]=[N-]. The monoisotopic (exact) mass is 743 g/mol. The summed E-state index contributed by atoms with van der Waals surface area (Å²) in [4.78, 5) is 41.7. The second kappa shape index (κ2) is 19.3. The van der Waals surface area contributed by atoms with Crippen LogP contribution in [0.4, 0.5) is 0 Å². The summed E-state index contributed by atoms with van der Waals surface area (Å²) in [6, 6.07) is 16.8. The number of rotatable bonds is 15. The van der Waals surface area contributed by atoms with Gasteiger partial charge in [0.1, 0.15) is 37.1 Å². The second-order valence-corrected chi connectivity index (χ2v) is 13.9. The number of aliphatic hydroxyl groups excluding tert-OH is 1. The topological polar surface area (TPSA) is 203 Å². The van der Waals surface area contributed by atoms with Gasteiger partial charge in [0.15, 0.2) is 24.8 Å². The first-order valence-electron chi connectivity index (χ1n) is 17.3. The molecule has 2 aromatic carbocycles. The van der Waals surface area contributed by atoms with Gasteiger partial charge in [0.25, 0.3) is 0 Å². The molecule has 16 heteroatoms. The fraction of sp³-hybridized carbons (Fsp3) is 0.595. The van der Waals surface area contributed by atoms with Gasteiger partial charge in [0, 0.05) is 11.8 Å². The number of ether oxygens (including phenoxy) is 9. The van der Waals surface area contributed by atoms with Crippen LogP contribution in [0.15, 0.2) is 65.8 Å². The standard InChI is InChI=1S/C37H49N3O13/c1-21(2)49-35-32(53-36(44)37(4,5)6)29(48-19-24-16-12-9-13-17-24)30(31(52-35)33(43)45-7)51-34-26(39-40-38)28(47-18-23-14-10-8-11-15-23)27(42)25(50-34)20-46-22(3)41/h8-17,21,25-32,34-35,42H,18-20H2,1-7H3/t25-,26-,27-,28-,29+,30+,31-,32-,34-,35-/m1/s1. The summed E-state index contributed by atoms with van der Waals surface area (Å²) in [6.07, 6.45) is -13.0. The summed E-state index contributed by atoms with van der Waals surface area (Å²) in [5.41, 5.74) is 10.2. The molecule has 2 saturated heterocycles. The highest BCUT2D eigenvalue weighted by atomic mass is 16.8.